The monoisotopic (exact) mass is 413 g/mol. The molecule has 30 heavy (non-hydrogen) atoms. The Morgan fingerprint density at radius 3 is 2.60 bits per heavy atom. The van der Waals surface area contributed by atoms with Crippen LogP contribution in [0.1, 0.15) is 27.3 Å². The maximum absolute atomic E-state index is 14.1. The Bertz CT molecular complexity index is 1150. The van der Waals surface area contributed by atoms with Crippen molar-refractivity contribution in [3.63, 3.8) is 0 Å². The van der Waals surface area contributed by atoms with Crippen LogP contribution >= 0.6 is 0 Å². The normalized spacial score (nSPS) is 10.5. The van der Waals surface area contributed by atoms with Crippen LogP contribution in [0, 0.1) is 42.6 Å². The molecule has 2 N–H and O–H groups in total. The lowest BCUT2D eigenvalue weighted by Gasteiger charge is -2.10. The van der Waals surface area contributed by atoms with E-state index in [-0.39, 0.29) is 29.9 Å². The van der Waals surface area contributed by atoms with Crippen molar-refractivity contribution in [1.82, 2.24) is 15.1 Å². The Kier molecular flexibility index (Phi) is 6.06. The molecule has 0 atom stereocenters. The number of carbonyl (C=O) groups excluding carboxylic acids is 1. The first-order chi connectivity index (χ1) is 14.3. The van der Waals surface area contributed by atoms with Crippen LogP contribution in [0.4, 0.5) is 18.9 Å². The van der Waals surface area contributed by atoms with Crippen molar-refractivity contribution >= 4 is 11.6 Å². The molecule has 2 aromatic carbocycles. The number of hydrogen-bond donors (Lipinski definition) is 2. The zero-order valence-electron chi connectivity index (χ0n) is 16.3. The van der Waals surface area contributed by atoms with Gasteiger partial charge in [0, 0.05) is 19.2 Å². The van der Waals surface area contributed by atoms with Crippen molar-refractivity contribution < 1.29 is 18.0 Å². The smallest absolute Gasteiger partial charge is 0.255 e. The summed E-state index contributed by atoms with van der Waals surface area (Å²) in [5.41, 5.74) is 1.34. The van der Waals surface area contributed by atoms with Crippen LogP contribution in [0.2, 0.25) is 0 Å². The lowest BCUT2D eigenvalue weighted by molar-refractivity contribution is 0.0954. The zero-order chi connectivity index (χ0) is 21.8. The van der Waals surface area contributed by atoms with Gasteiger partial charge in [-0.2, -0.15) is 10.4 Å². The van der Waals surface area contributed by atoms with Gasteiger partial charge in [0.05, 0.1) is 22.6 Å². The summed E-state index contributed by atoms with van der Waals surface area (Å²) in [6, 6.07) is 9.15. The minimum Gasteiger partial charge on any atom is -0.382 e. The number of rotatable bonds is 6. The highest BCUT2D eigenvalue weighted by Crippen LogP contribution is 2.21. The van der Waals surface area contributed by atoms with E-state index in [1.54, 1.807) is 26.0 Å². The number of anilines is 1. The van der Waals surface area contributed by atoms with E-state index in [0.29, 0.717) is 17.1 Å². The molecule has 3 aromatic rings. The SMILES string of the molecule is Cc1nn(-c2ccc(F)cc2F)c(C)c1C(=O)NCCNc1cccc(F)c1C#N. The number of halogens is 3. The Morgan fingerprint density at radius 1 is 1.13 bits per heavy atom. The highest BCUT2D eigenvalue weighted by molar-refractivity contribution is 5.96. The van der Waals surface area contributed by atoms with Crippen molar-refractivity contribution in [1.29, 1.82) is 5.26 Å². The molecule has 0 radical (unpaired) electrons. The summed E-state index contributed by atoms with van der Waals surface area (Å²) < 4.78 is 42.1. The maximum atomic E-state index is 14.1. The average molecular weight is 413 g/mol. The van der Waals surface area contributed by atoms with Gasteiger partial charge in [-0.15, -0.1) is 0 Å². The van der Waals surface area contributed by atoms with Gasteiger partial charge in [0.2, 0.25) is 0 Å². The maximum Gasteiger partial charge on any atom is 0.255 e. The predicted octanol–water partition coefficient (Wildman–Crippen LogP) is 3.62. The second-order valence-corrected chi connectivity index (χ2v) is 6.51. The molecule has 0 aliphatic carbocycles. The van der Waals surface area contributed by atoms with Crippen LogP contribution in [0.5, 0.6) is 0 Å². The summed E-state index contributed by atoms with van der Waals surface area (Å²) in [5.74, 6) is -2.54. The summed E-state index contributed by atoms with van der Waals surface area (Å²) in [5, 5.41) is 18.8. The van der Waals surface area contributed by atoms with Crippen LogP contribution in [-0.2, 0) is 0 Å². The lowest BCUT2D eigenvalue weighted by Crippen LogP contribution is -2.29. The van der Waals surface area contributed by atoms with Gasteiger partial charge in [-0.1, -0.05) is 6.07 Å². The van der Waals surface area contributed by atoms with Crippen molar-refractivity contribution in [2.75, 3.05) is 18.4 Å². The number of carbonyl (C=O) groups is 1. The summed E-state index contributed by atoms with van der Waals surface area (Å²) in [6.07, 6.45) is 0. The molecule has 0 saturated carbocycles. The van der Waals surface area contributed by atoms with Crippen LogP contribution in [0.25, 0.3) is 5.69 Å². The first kappa shape index (κ1) is 20.9. The van der Waals surface area contributed by atoms with Gasteiger partial charge < -0.3 is 10.6 Å². The van der Waals surface area contributed by atoms with Gasteiger partial charge in [-0.25, -0.2) is 17.9 Å². The minimum atomic E-state index is -0.792. The van der Waals surface area contributed by atoms with E-state index in [9.17, 15) is 18.0 Å². The van der Waals surface area contributed by atoms with Crippen molar-refractivity contribution in [2.45, 2.75) is 13.8 Å². The molecule has 154 valence electrons. The number of amides is 1. The number of benzene rings is 2. The molecule has 1 aromatic heterocycles. The zero-order valence-corrected chi connectivity index (χ0v) is 16.3. The van der Waals surface area contributed by atoms with Gasteiger partial charge in [-0.3, -0.25) is 4.79 Å². The molecule has 3 rings (SSSR count). The Balaban J connectivity index is 1.69. The number of nitrogens with zero attached hydrogens (tertiary/aromatic N) is 3. The molecular formula is C21H18F3N5O. The van der Waals surface area contributed by atoms with Gasteiger partial charge in [0.1, 0.15) is 29.0 Å². The molecule has 6 nitrogen and oxygen atoms in total. The number of aryl methyl sites for hydroxylation is 1. The number of nitriles is 1. The third kappa shape index (κ3) is 4.12. The molecule has 1 amide bonds. The van der Waals surface area contributed by atoms with E-state index in [0.717, 1.165) is 12.1 Å². The molecule has 0 bridgehead atoms. The lowest BCUT2D eigenvalue weighted by atomic mass is 10.1. The van der Waals surface area contributed by atoms with E-state index in [4.69, 9.17) is 5.26 Å². The second-order valence-electron chi connectivity index (χ2n) is 6.51. The molecular weight excluding hydrogens is 395 g/mol. The van der Waals surface area contributed by atoms with Gasteiger partial charge >= 0.3 is 0 Å². The van der Waals surface area contributed by atoms with E-state index < -0.39 is 23.4 Å². The largest absolute Gasteiger partial charge is 0.382 e. The summed E-state index contributed by atoms with van der Waals surface area (Å²) >= 11 is 0. The van der Waals surface area contributed by atoms with Crippen molar-refractivity contribution in [3.05, 3.63) is 76.4 Å². The number of hydrogen-bond acceptors (Lipinski definition) is 4. The van der Waals surface area contributed by atoms with Crippen molar-refractivity contribution in [2.24, 2.45) is 0 Å². The van der Waals surface area contributed by atoms with E-state index >= 15 is 0 Å². The summed E-state index contributed by atoms with van der Waals surface area (Å²) in [6.45, 7) is 3.67. The standard InChI is InChI=1S/C21H18F3N5O/c1-12-20(13(2)29(28-12)19-7-6-14(22)10-17(19)24)21(30)27-9-8-26-18-5-3-4-16(23)15(18)11-25/h3-7,10,26H,8-9H2,1-2H3,(H,27,30). The molecule has 0 aliphatic rings. The van der Waals surface area contributed by atoms with Gasteiger partial charge in [0.25, 0.3) is 5.91 Å². The first-order valence-electron chi connectivity index (χ1n) is 9.05. The molecule has 9 heteroatoms. The van der Waals surface area contributed by atoms with Crippen LogP contribution in [-0.4, -0.2) is 28.8 Å². The topological polar surface area (TPSA) is 82.7 Å². The Morgan fingerprint density at radius 2 is 1.90 bits per heavy atom. The van der Waals surface area contributed by atoms with Gasteiger partial charge in [0.15, 0.2) is 5.82 Å². The van der Waals surface area contributed by atoms with E-state index in [1.807, 2.05) is 0 Å². The first-order valence-corrected chi connectivity index (χ1v) is 9.05. The highest BCUT2D eigenvalue weighted by atomic mass is 19.1. The minimum absolute atomic E-state index is 0.0350. The molecule has 0 unspecified atom stereocenters. The molecule has 0 aliphatic heterocycles. The Labute approximate surface area is 170 Å². The van der Waals surface area contributed by atoms with Crippen LogP contribution in [0.15, 0.2) is 36.4 Å². The fourth-order valence-corrected chi connectivity index (χ4v) is 3.11. The number of aromatic nitrogens is 2. The van der Waals surface area contributed by atoms with Crippen LogP contribution < -0.4 is 10.6 Å². The quantitative estimate of drug-likeness (QED) is 0.605. The van der Waals surface area contributed by atoms with Crippen LogP contribution in [0.3, 0.4) is 0 Å². The predicted molar refractivity (Wildman–Crippen MR) is 105 cm³/mol. The second kappa shape index (κ2) is 8.69. The third-order valence-corrected chi connectivity index (χ3v) is 4.51. The fraction of sp³-hybridized carbons (Fsp3) is 0.190. The molecule has 1 heterocycles. The summed E-state index contributed by atoms with van der Waals surface area (Å²) in [4.78, 5) is 12.6. The van der Waals surface area contributed by atoms with Crippen molar-refractivity contribution in [3.8, 4) is 11.8 Å². The van der Waals surface area contributed by atoms with Gasteiger partial charge in [-0.05, 0) is 38.1 Å². The fourth-order valence-electron chi connectivity index (χ4n) is 3.11. The Hall–Kier alpha value is -3.80. The highest BCUT2D eigenvalue weighted by Gasteiger charge is 2.20. The number of nitrogens with one attached hydrogen (secondary N) is 2. The summed E-state index contributed by atoms with van der Waals surface area (Å²) in [7, 11) is 0. The average Bonchev–Trinajstić information content (AvgIpc) is 2.99. The third-order valence-electron chi connectivity index (χ3n) is 4.51. The van der Waals surface area contributed by atoms with E-state index in [1.165, 1.54) is 22.9 Å². The molecule has 0 spiro atoms. The molecule has 0 fully saturated rings. The molecule has 0 saturated heterocycles. The van der Waals surface area contributed by atoms with E-state index in [2.05, 4.69) is 15.7 Å².